The number of amides is 2. The van der Waals surface area contributed by atoms with Gasteiger partial charge in [0.2, 0.25) is 0 Å². The number of hydrogen-bond acceptors (Lipinski definition) is 7. The number of carbonyl (C=O) groups is 3. The second kappa shape index (κ2) is 9.27. The molecule has 1 saturated heterocycles. The fourth-order valence-corrected chi connectivity index (χ4v) is 3.50. The number of rotatable bonds is 7. The number of nitrogens with zero attached hydrogens (tertiary/aromatic N) is 1. The lowest BCUT2D eigenvalue weighted by atomic mass is 10.2. The molecule has 9 heteroatoms. The van der Waals surface area contributed by atoms with E-state index in [2.05, 4.69) is 15.9 Å². The molecule has 0 radical (unpaired) electrons. The van der Waals surface area contributed by atoms with Crippen LogP contribution < -0.4 is 4.74 Å². The molecule has 1 heterocycles. The molecular formula is C18H20BrNO6S. The largest absolute Gasteiger partial charge is 0.503 e. The molecule has 146 valence electrons. The minimum Gasteiger partial charge on any atom is -0.503 e. The van der Waals surface area contributed by atoms with Gasteiger partial charge in [-0.15, -0.1) is 0 Å². The Kier molecular flexibility index (Phi) is 7.32. The summed E-state index contributed by atoms with van der Waals surface area (Å²) in [4.78, 5) is 37.5. The van der Waals surface area contributed by atoms with Crippen molar-refractivity contribution in [1.29, 1.82) is 0 Å². The van der Waals surface area contributed by atoms with Crippen molar-refractivity contribution < 1.29 is 29.0 Å². The van der Waals surface area contributed by atoms with Gasteiger partial charge in [-0.3, -0.25) is 19.3 Å². The fourth-order valence-electron chi connectivity index (χ4n) is 2.20. The molecule has 0 aliphatic carbocycles. The van der Waals surface area contributed by atoms with E-state index in [-0.39, 0.29) is 22.5 Å². The Morgan fingerprint density at radius 2 is 2.07 bits per heavy atom. The van der Waals surface area contributed by atoms with Crippen molar-refractivity contribution in [3.63, 3.8) is 0 Å². The molecule has 1 aliphatic heterocycles. The molecule has 1 N–H and O–H groups in total. The zero-order valence-electron chi connectivity index (χ0n) is 15.2. The van der Waals surface area contributed by atoms with Crippen LogP contribution in [0, 0.1) is 0 Å². The SMILES string of the molecule is CCOc1cc(/C=C2/SC(=O)N(CC(=O)O[C@H](C)CC)C2=O)cc(Br)c1O. The van der Waals surface area contributed by atoms with Crippen molar-refractivity contribution in [2.45, 2.75) is 33.3 Å². The summed E-state index contributed by atoms with van der Waals surface area (Å²) in [6.07, 6.45) is 1.88. The van der Waals surface area contributed by atoms with E-state index in [1.165, 1.54) is 6.08 Å². The van der Waals surface area contributed by atoms with Gasteiger partial charge in [-0.25, -0.2) is 0 Å². The molecule has 0 saturated carbocycles. The topological polar surface area (TPSA) is 93.1 Å². The zero-order valence-corrected chi connectivity index (χ0v) is 17.6. The van der Waals surface area contributed by atoms with Crippen molar-refractivity contribution in [3.8, 4) is 11.5 Å². The molecule has 7 nitrogen and oxygen atoms in total. The molecule has 1 aromatic rings. The maximum absolute atomic E-state index is 12.5. The Morgan fingerprint density at radius 1 is 1.37 bits per heavy atom. The number of carbonyl (C=O) groups excluding carboxylic acids is 3. The average molecular weight is 458 g/mol. The standard InChI is InChI=1S/C18H20BrNO6S/c1-4-10(3)26-15(21)9-20-17(23)14(27-18(20)24)8-11-6-12(19)16(22)13(7-11)25-5-2/h6-8,10,22H,4-5,9H2,1-3H3/b14-8+/t10-/m1/s1. The van der Waals surface area contributed by atoms with Gasteiger partial charge in [-0.05, 0) is 71.7 Å². The highest BCUT2D eigenvalue weighted by atomic mass is 79.9. The van der Waals surface area contributed by atoms with E-state index in [0.717, 1.165) is 16.7 Å². The number of thioether (sulfide) groups is 1. The number of ether oxygens (including phenoxy) is 2. The van der Waals surface area contributed by atoms with Gasteiger partial charge in [0.25, 0.3) is 11.1 Å². The molecule has 0 unspecified atom stereocenters. The van der Waals surface area contributed by atoms with Gasteiger partial charge in [0.1, 0.15) is 6.54 Å². The Bertz CT molecular complexity index is 794. The number of imide groups is 1. The maximum atomic E-state index is 12.5. The number of halogens is 1. The average Bonchev–Trinajstić information content (AvgIpc) is 2.86. The smallest absolute Gasteiger partial charge is 0.326 e. The highest BCUT2D eigenvalue weighted by Gasteiger charge is 2.37. The minimum absolute atomic E-state index is 0.0464. The lowest BCUT2D eigenvalue weighted by Gasteiger charge is -2.14. The number of esters is 1. The van der Waals surface area contributed by atoms with E-state index in [1.807, 2.05) is 6.92 Å². The normalized spacial score (nSPS) is 16.7. The van der Waals surface area contributed by atoms with Gasteiger partial charge in [0.05, 0.1) is 22.1 Å². The molecule has 1 aliphatic rings. The summed E-state index contributed by atoms with van der Waals surface area (Å²) in [7, 11) is 0. The predicted octanol–water partition coefficient (Wildman–Crippen LogP) is 3.93. The first-order valence-electron chi connectivity index (χ1n) is 8.36. The molecule has 0 bridgehead atoms. The quantitative estimate of drug-likeness (QED) is 0.489. The van der Waals surface area contributed by atoms with Crippen molar-refractivity contribution >= 4 is 50.9 Å². The van der Waals surface area contributed by atoms with E-state index in [0.29, 0.717) is 23.1 Å². The second-order valence-electron chi connectivity index (χ2n) is 5.76. The summed E-state index contributed by atoms with van der Waals surface area (Å²) >= 11 is 3.97. The Balaban J connectivity index is 2.20. The molecule has 0 aromatic heterocycles. The summed E-state index contributed by atoms with van der Waals surface area (Å²) in [5.41, 5.74) is 0.566. The van der Waals surface area contributed by atoms with Crippen LogP contribution in [0.15, 0.2) is 21.5 Å². The van der Waals surface area contributed by atoms with Crippen LogP contribution in [0.3, 0.4) is 0 Å². The van der Waals surface area contributed by atoms with E-state index in [9.17, 15) is 19.5 Å². The number of aromatic hydroxyl groups is 1. The van der Waals surface area contributed by atoms with Crippen LogP contribution in [-0.4, -0.2) is 46.4 Å². The third kappa shape index (κ3) is 5.26. The van der Waals surface area contributed by atoms with Crippen LogP contribution in [-0.2, 0) is 14.3 Å². The van der Waals surface area contributed by atoms with Gasteiger partial charge in [-0.1, -0.05) is 6.92 Å². The van der Waals surface area contributed by atoms with E-state index < -0.39 is 23.7 Å². The van der Waals surface area contributed by atoms with Crippen LogP contribution in [0.2, 0.25) is 0 Å². The molecule has 2 rings (SSSR count). The first-order valence-corrected chi connectivity index (χ1v) is 9.97. The fraction of sp³-hybridized carbons (Fsp3) is 0.389. The van der Waals surface area contributed by atoms with Crippen LogP contribution in [0.4, 0.5) is 4.79 Å². The second-order valence-corrected chi connectivity index (χ2v) is 7.61. The lowest BCUT2D eigenvalue weighted by Crippen LogP contribution is -2.35. The van der Waals surface area contributed by atoms with Crippen molar-refractivity contribution in [1.82, 2.24) is 4.90 Å². The van der Waals surface area contributed by atoms with Crippen LogP contribution in [0.25, 0.3) is 6.08 Å². The Morgan fingerprint density at radius 3 is 2.70 bits per heavy atom. The Labute approximate surface area is 169 Å². The molecule has 1 aromatic carbocycles. The number of hydrogen-bond donors (Lipinski definition) is 1. The van der Waals surface area contributed by atoms with Crippen LogP contribution >= 0.6 is 27.7 Å². The van der Waals surface area contributed by atoms with E-state index in [4.69, 9.17) is 9.47 Å². The third-order valence-corrected chi connectivity index (χ3v) is 5.23. The summed E-state index contributed by atoms with van der Waals surface area (Å²) < 4.78 is 10.9. The summed E-state index contributed by atoms with van der Waals surface area (Å²) in [6.45, 7) is 5.33. The number of phenolic OH excluding ortho intramolecular Hbond substituents is 1. The summed E-state index contributed by atoms with van der Waals surface area (Å²) in [5, 5.41) is 9.43. The number of phenols is 1. The van der Waals surface area contributed by atoms with E-state index in [1.54, 1.807) is 26.0 Å². The van der Waals surface area contributed by atoms with Gasteiger partial charge in [0, 0.05) is 0 Å². The van der Waals surface area contributed by atoms with Crippen molar-refractivity contribution in [2.75, 3.05) is 13.2 Å². The summed E-state index contributed by atoms with van der Waals surface area (Å²) in [6, 6.07) is 3.16. The molecule has 1 atom stereocenters. The Hall–Kier alpha value is -2.00. The predicted molar refractivity (Wildman–Crippen MR) is 105 cm³/mol. The van der Waals surface area contributed by atoms with Crippen LogP contribution in [0.5, 0.6) is 11.5 Å². The lowest BCUT2D eigenvalue weighted by molar-refractivity contribution is -0.150. The van der Waals surface area contributed by atoms with Gasteiger partial charge >= 0.3 is 5.97 Å². The first kappa shape index (κ1) is 21.3. The van der Waals surface area contributed by atoms with E-state index >= 15 is 0 Å². The van der Waals surface area contributed by atoms with Crippen molar-refractivity contribution in [3.05, 3.63) is 27.1 Å². The van der Waals surface area contributed by atoms with Gasteiger partial charge in [-0.2, -0.15) is 0 Å². The monoisotopic (exact) mass is 457 g/mol. The highest BCUT2D eigenvalue weighted by Crippen LogP contribution is 2.38. The van der Waals surface area contributed by atoms with Crippen LogP contribution in [0.1, 0.15) is 32.8 Å². The summed E-state index contributed by atoms with van der Waals surface area (Å²) in [5.74, 6) is -0.975. The van der Waals surface area contributed by atoms with Gasteiger partial charge < -0.3 is 14.6 Å². The zero-order chi connectivity index (χ0) is 20.1. The number of benzene rings is 1. The molecular weight excluding hydrogens is 438 g/mol. The molecule has 27 heavy (non-hydrogen) atoms. The molecule has 1 fully saturated rings. The minimum atomic E-state index is -0.626. The highest BCUT2D eigenvalue weighted by molar-refractivity contribution is 9.10. The maximum Gasteiger partial charge on any atom is 0.326 e. The molecule has 2 amide bonds. The van der Waals surface area contributed by atoms with Gasteiger partial charge in [0.15, 0.2) is 11.5 Å². The molecule has 0 spiro atoms. The third-order valence-electron chi connectivity index (χ3n) is 3.72. The first-order chi connectivity index (χ1) is 12.8. The van der Waals surface area contributed by atoms with Crippen molar-refractivity contribution in [2.24, 2.45) is 0 Å².